The summed E-state index contributed by atoms with van der Waals surface area (Å²) in [6.45, 7) is 8.14. The van der Waals surface area contributed by atoms with Gasteiger partial charge in [0.15, 0.2) is 0 Å². The third-order valence-electron chi connectivity index (χ3n) is 3.51. The molecule has 0 heterocycles. The van der Waals surface area contributed by atoms with E-state index in [0.29, 0.717) is 5.92 Å². The van der Waals surface area contributed by atoms with Crippen LogP contribution in [0.3, 0.4) is 0 Å². The summed E-state index contributed by atoms with van der Waals surface area (Å²) >= 11 is 0. The van der Waals surface area contributed by atoms with Crippen LogP contribution >= 0.6 is 0 Å². The van der Waals surface area contributed by atoms with Gasteiger partial charge in [-0.1, -0.05) is 30.7 Å². The molecule has 1 N–H and O–H groups in total. The van der Waals surface area contributed by atoms with E-state index in [2.05, 4.69) is 26.0 Å². The van der Waals surface area contributed by atoms with Crippen molar-refractivity contribution in [3.05, 3.63) is 23.8 Å². The molecule has 92 valence electrons. The largest absolute Gasteiger partial charge is 0.386 e. The van der Waals surface area contributed by atoms with Gasteiger partial charge in [-0.25, -0.2) is 0 Å². The SMILES string of the molecule is CCC(C=CC(C)(C)O)C1CC=C(C)CC1. The fourth-order valence-electron chi connectivity index (χ4n) is 2.36. The Bertz CT molecular complexity index is 268. The van der Waals surface area contributed by atoms with Gasteiger partial charge in [0.25, 0.3) is 0 Å². The first-order chi connectivity index (χ1) is 7.42. The van der Waals surface area contributed by atoms with Crippen LogP contribution in [-0.4, -0.2) is 10.7 Å². The summed E-state index contributed by atoms with van der Waals surface area (Å²) in [6, 6.07) is 0. The molecule has 0 aromatic carbocycles. The van der Waals surface area contributed by atoms with Crippen LogP contribution < -0.4 is 0 Å². The summed E-state index contributed by atoms with van der Waals surface area (Å²) in [5, 5.41) is 9.70. The van der Waals surface area contributed by atoms with E-state index in [1.54, 1.807) is 0 Å². The van der Waals surface area contributed by atoms with Crippen molar-refractivity contribution in [3.63, 3.8) is 0 Å². The van der Waals surface area contributed by atoms with Gasteiger partial charge >= 0.3 is 0 Å². The molecule has 0 saturated carbocycles. The second-order valence-corrected chi connectivity index (χ2v) is 5.67. The van der Waals surface area contributed by atoms with Crippen molar-refractivity contribution in [2.24, 2.45) is 11.8 Å². The molecule has 0 bridgehead atoms. The monoisotopic (exact) mass is 222 g/mol. The van der Waals surface area contributed by atoms with E-state index in [1.807, 2.05) is 19.9 Å². The molecule has 1 aliphatic carbocycles. The average Bonchev–Trinajstić information content (AvgIpc) is 2.20. The molecule has 1 nitrogen and oxygen atoms in total. The van der Waals surface area contributed by atoms with Crippen LogP contribution in [0.25, 0.3) is 0 Å². The quantitative estimate of drug-likeness (QED) is 0.710. The van der Waals surface area contributed by atoms with Gasteiger partial charge in [0.05, 0.1) is 5.60 Å². The second-order valence-electron chi connectivity index (χ2n) is 5.67. The van der Waals surface area contributed by atoms with E-state index >= 15 is 0 Å². The van der Waals surface area contributed by atoms with Gasteiger partial charge in [0, 0.05) is 0 Å². The zero-order valence-electron chi connectivity index (χ0n) is 11.2. The maximum Gasteiger partial charge on any atom is 0.0771 e. The highest BCUT2D eigenvalue weighted by Crippen LogP contribution is 2.32. The van der Waals surface area contributed by atoms with Crippen LogP contribution in [0.4, 0.5) is 0 Å². The van der Waals surface area contributed by atoms with Gasteiger partial charge < -0.3 is 5.11 Å². The molecule has 0 aromatic rings. The van der Waals surface area contributed by atoms with Crippen LogP contribution in [0.15, 0.2) is 23.8 Å². The smallest absolute Gasteiger partial charge is 0.0771 e. The van der Waals surface area contributed by atoms with Crippen LogP contribution in [0.5, 0.6) is 0 Å². The Hall–Kier alpha value is -0.560. The van der Waals surface area contributed by atoms with Crippen molar-refractivity contribution < 1.29 is 5.11 Å². The van der Waals surface area contributed by atoms with Crippen molar-refractivity contribution >= 4 is 0 Å². The summed E-state index contributed by atoms with van der Waals surface area (Å²) in [7, 11) is 0. The molecule has 0 amide bonds. The van der Waals surface area contributed by atoms with Crippen LogP contribution in [0, 0.1) is 11.8 Å². The molecule has 2 unspecified atom stereocenters. The number of aliphatic hydroxyl groups is 1. The Kier molecular flexibility index (Phi) is 4.79. The summed E-state index contributed by atoms with van der Waals surface area (Å²) < 4.78 is 0. The Morgan fingerprint density at radius 1 is 1.56 bits per heavy atom. The lowest BCUT2D eigenvalue weighted by molar-refractivity contribution is 0.132. The topological polar surface area (TPSA) is 20.2 Å². The van der Waals surface area contributed by atoms with Crippen LogP contribution in [0.2, 0.25) is 0 Å². The van der Waals surface area contributed by atoms with Crippen molar-refractivity contribution in [2.45, 2.75) is 59.0 Å². The molecule has 0 spiro atoms. The number of rotatable bonds is 4. The molecule has 0 radical (unpaired) electrons. The lowest BCUT2D eigenvalue weighted by Gasteiger charge is -2.27. The van der Waals surface area contributed by atoms with Crippen molar-refractivity contribution in [2.75, 3.05) is 0 Å². The molecule has 1 heteroatoms. The molecule has 1 aliphatic rings. The third kappa shape index (κ3) is 4.52. The zero-order valence-corrected chi connectivity index (χ0v) is 11.2. The van der Waals surface area contributed by atoms with Gasteiger partial charge in [-0.2, -0.15) is 0 Å². The molecular weight excluding hydrogens is 196 g/mol. The first-order valence-corrected chi connectivity index (χ1v) is 6.49. The molecule has 2 atom stereocenters. The molecule has 1 rings (SSSR count). The molecule has 0 fully saturated rings. The van der Waals surface area contributed by atoms with Crippen LogP contribution in [-0.2, 0) is 0 Å². The third-order valence-corrected chi connectivity index (χ3v) is 3.51. The Morgan fingerprint density at radius 2 is 2.25 bits per heavy atom. The Balaban J connectivity index is 2.58. The van der Waals surface area contributed by atoms with Crippen molar-refractivity contribution in [1.82, 2.24) is 0 Å². The molecule has 16 heavy (non-hydrogen) atoms. The fraction of sp³-hybridized carbons (Fsp3) is 0.733. The zero-order chi connectivity index (χ0) is 12.2. The Morgan fingerprint density at radius 3 is 2.69 bits per heavy atom. The van der Waals surface area contributed by atoms with Gasteiger partial charge in [0.2, 0.25) is 0 Å². The summed E-state index contributed by atoms with van der Waals surface area (Å²) in [5.41, 5.74) is 0.867. The van der Waals surface area contributed by atoms with Crippen LogP contribution in [0.1, 0.15) is 53.4 Å². The van der Waals surface area contributed by atoms with Crippen molar-refractivity contribution in [3.8, 4) is 0 Å². The summed E-state index contributed by atoms with van der Waals surface area (Å²) in [4.78, 5) is 0. The van der Waals surface area contributed by atoms with E-state index in [1.165, 1.54) is 31.3 Å². The molecular formula is C15H26O. The average molecular weight is 222 g/mol. The predicted molar refractivity (Wildman–Crippen MR) is 70.3 cm³/mol. The summed E-state index contributed by atoms with van der Waals surface area (Å²) in [5.74, 6) is 1.39. The maximum atomic E-state index is 9.70. The van der Waals surface area contributed by atoms with E-state index in [-0.39, 0.29) is 0 Å². The lowest BCUT2D eigenvalue weighted by atomic mass is 9.79. The van der Waals surface area contributed by atoms with E-state index < -0.39 is 5.60 Å². The molecule has 0 aromatic heterocycles. The standard InChI is InChI=1S/C15H26O/c1-5-13(10-11-15(3,4)16)14-8-6-12(2)7-9-14/h6,10-11,13-14,16H,5,7-9H2,1-4H3. The van der Waals surface area contributed by atoms with E-state index in [4.69, 9.17) is 0 Å². The van der Waals surface area contributed by atoms with Gasteiger partial charge in [-0.15, -0.1) is 0 Å². The number of hydrogen-bond donors (Lipinski definition) is 1. The first-order valence-electron chi connectivity index (χ1n) is 6.49. The minimum absolute atomic E-state index is 0.621. The van der Waals surface area contributed by atoms with Crippen molar-refractivity contribution in [1.29, 1.82) is 0 Å². The highest BCUT2D eigenvalue weighted by Gasteiger charge is 2.20. The number of hydrogen-bond acceptors (Lipinski definition) is 1. The minimum atomic E-state index is -0.673. The lowest BCUT2D eigenvalue weighted by Crippen LogP contribution is -2.18. The minimum Gasteiger partial charge on any atom is -0.386 e. The van der Waals surface area contributed by atoms with Gasteiger partial charge in [0.1, 0.15) is 0 Å². The second kappa shape index (κ2) is 5.67. The predicted octanol–water partition coefficient (Wildman–Crippen LogP) is 4.09. The maximum absolute atomic E-state index is 9.70. The summed E-state index contributed by atoms with van der Waals surface area (Å²) in [6.07, 6.45) is 11.5. The highest BCUT2D eigenvalue weighted by atomic mass is 16.3. The van der Waals surface area contributed by atoms with E-state index in [0.717, 1.165) is 5.92 Å². The normalized spacial score (nSPS) is 24.6. The van der Waals surface area contributed by atoms with Gasteiger partial charge in [-0.3, -0.25) is 0 Å². The molecule has 0 saturated heterocycles. The highest BCUT2D eigenvalue weighted by molar-refractivity contribution is 5.07. The first kappa shape index (κ1) is 13.5. The number of allylic oxidation sites excluding steroid dienone is 3. The van der Waals surface area contributed by atoms with Gasteiger partial charge in [-0.05, 0) is 58.3 Å². The Labute approximate surface area is 100 Å². The van der Waals surface area contributed by atoms with E-state index in [9.17, 15) is 5.11 Å². The molecule has 0 aliphatic heterocycles. The fourth-order valence-corrected chi connectivity index (χ4v) is 2.36.